The van der Waals surface area contributed by atoms with Gasteiger partial charge in [-0.25, -0.2) is 0 Å². The van der Waals surface area contributed by atoms with Crippen molar-refractivity contribution in [3.63, 3.8) is 0 Å². The van der Waals surface area contributed by atoms with E-state index in [1.165, 1.54) is 11.1 Å². The number of amides is 2. The van der Waals surface area contributed by atoms with Gasteiger partial charge in [-0.15, -0.1) is 0 Å². The van der Waals surface area contributed by atoms with Crippen molar-refractivity contribution in [3.05, 3.63) is 81.3 Å². The third-order valence-electron chi connectivity index (χ3n) is 8.58. The topological polar surface area (TPSA) is 137 Å². The maximum absolute atomic E-state index is 13.4. The summed E-state index contributed by atoms with van der Waals surface area (Å²) >= 11 is 0. The van der Waals surface area contributed by atoms with Crippen LogP contribution in [0.5, 0.6) is 11.5 Å². The molecule has 3 N–H and O–H groups in total. The number of nitrogens with one attached hydrogen (secondary N) is 2. The fraction of sp³-hybridized carbons (Fsp3) is 0.412. The highest BCUT2D eigenvalue weighted by Gasteiger charge is 2.42. The Bertz CT molecular complexity index is 1680. The van der Waals surface area contributed by atoms with Crippen LogP contribution in [0.3, 0.4) is 0 Å². The molecule has 6 rings (SSSR count). The molecule has 4 heterocycles. The largest absolute Gasteiger partial charge is 0.493 e. The second kappa shape index (κ2) is 13.3. The highest BCUT2D eigenvalue weighted by Crippen LogP contribution is 2.37. The van der Waals surface area contributed by atoms with Crippen molar-refractivity contribution in [2.45, 2.75) is 51.2 Å². The lowest BCUT2D eigenvalue weighted by molar-refractivity contribution is 0.0516. The molecule has 1 unspecified atom stereocenters. The first-order valence-electron chi connectivity index (χ1n) is 15.6. The van der Waals surface area contributed by atoms with E-state index in [-0.39, 0.29) is 36.6 Å². The number of likely N-dealkylation sites (tertiary alicyclic amines) is 1. The van der Waals surface area contributed by atoms with Gasteiger partial charge < -0.3 is 29.8 Å². The molecule has 1 fully saturated rings. The molecule has 3 aliphatic heterocycles. The molecule has 11 nitrogen and oxygen atoms in total. The smallest absolute Gasteiger partial charge is 0.261 e. The van der Waals surface area contributed by atoms with Gasteiger partial charge in [0.25, 0.3) is 17.4 Å². The number of carbonyl (C=O) groups excluding carboxylic acids is 2. The number of hydrogen-bond donors (Lipinski definition) is 3. The van der Waals surface area contributed by atoms with Crippen LogP contribution in [0.4, 0.5) is 11.4 Å². The minimum absolute atomic E-state index is 0.0402. The van der Waals surface area contributed by atoms with E-state index in [2.05, 4.69) is 22.1 Å². The van der Waals surface area contributed by atoms with E-state index in [4.69, 9.17) is 14.5 Å². The fourth-order valence-electron chi connectivity index (χ4n) is 6.06. The average molecular weight is 614 g/mol. The number of carbonyl (C=O) groups is 2. The van der Waals surface area contributed by atoms with Gasteiger partial charge in [0.15, 0.2) is 0 Å². The number of H-pyrrole nitrogens is 1. The molecule has 3 aliphatic rings. The molecule has 1 aromatic heterocycles. The molecule has 11 heteroatoms. The number of anilines is 1. The van der Waals surface area contributed by atoms with E-state index in [1.807, 2.05) is 19.2 Å². The predicted molar refractivity (Wildman–Crippen MR) is 171 cm³/mol. The van der Waals surface area contributed by atoms with Crippen LogP contribution in [0.2, 0.25) is 0 Å². The van der Waals surface area contributed by atoms with E-state index in [1.54, 1.807) is 30.3 Å². The maximum atomic E-state index is 13.4. The van der Waals surface area contributed by atoms with Gasteiger partial charge in [0, 0.05) is 31.3 Å². The Morgan fingerprint density at radius 1 is 1.04 bits per heavy atom. The fourth-order valence-corrected chi connectivity index (χ4v) is 6.06. The highest BCUT2D eigenvalue weighted by atomic mass is 16.5. The lowest BCUT2D eigenvalue weighted by Crippen LogP contribution is -2.46. The lowest BCUT2D eigenvalue weighted by atomic mass is 10.00. The number of aromatic amines is 1. The summed E-state index contributed by atoms with van der Waals surface area (Å²) in [7, 11) is 2.04. The van der Waals surface area contributed by atoms with Crippen LogP contribution < -0.4 is 20.3 Å². The zero-order valence-electron chi connectivity index (χ0n) is 25.7. The minimum Gasteiger partial charge on any atom is -0.493 e. The molecule has 0 radical (unpaired) electrons. The molecule has 0 spiro atoms. The second-order valence-corrected chi connectivity index (χ2v) is 11.9. The molecular formula is C34H39N5O6. The number of aromatic nitrogens is 1. The van der Waals surface area contributed by atoms with Gasteiger partial charge >= 0.3 is 0 Å². The molecule has 0 aliphatic carbocycles. The summed E-state index contributed by atoms with van der Waals surface area (Å²) in [4.78, 5) is 50.8. The summed E-state index contributed by atoms with van der Waals surface area (Å²) in [6.07, 6.45) is 4.55. The zero-order chi connectivity index (χ0) is 31.5. The Kier molecular flexibility index (Phi) is 8.99. The Morgan fingerprint density at radius 3 is 2.53 bits per heavy atom. The Hall–Kier alpha value is -4.48. The van der Waals surface area contributed by atoms with Gasteiger partial charge in [0.1, 0.15) is 24.2 Å². The maximum Gasteiger partial charge on any atom is 0.261 e. The van der Waals surface area contributed by atoms with Crippen LogP contribution in [0.25, 0.3) is 0 Å². The van der Waals surface area contributed by atoms with E-state index >= 15 is 0 Å². The molecule has 236 valence electrons. The first-order chi connectivity index (χ1) is 21.8. The lowest BCUT2D eigenvalue weighted by Gasteiger charge is -2.33. The molecule has 2 amide bonds. The Labute approximate surface area is 261 Å². The zero-order valence-corrected chi connectivity index (χ0v) is 25.7. The summed E-state index contributed by atoms with van der Waals surface area (Å²) in [5.41, 5.74) is 3.20. The van der Waals surface area contributed by atoms with E-state index in [0.29, 0.717) is 58.3 Å². The molecule has 1 saturated heterocycles. The summed E-state index contributed by atoms with van der Waals surface area (Å²) in [6, 6.07) is 12.4. The van der Waals surface area contributed by atoms with Crippen molar-refractivity contribution in [1.29, 1.82) is 0 Å². The van der Waals surface area contributed by atoms with E-state index in [9.17, 15) is 19.5 Å². The molecular weight excluding hydrogens is 574 g/mol. The number of fused-ring (bicyclic) bond motifs is 2. The number of unbranched alkanes of at least 4 members (excludes halogenated alkanes) is 1. The Morgan fingerprint density at radius 2 is 1.78 bits per heavy atom. The molecule has 0 bridgehead atoms. The van der Waals surface area contributed by atoms with Crippen molar-refractivity contribution in [1.82, 2.24) is 14.8 Å². The number of nitrogens with zero attached hydrogens (tertiary/aromatic N) is 3. The number of rotatable bonds is 12. The summed E-state index contributed by atoms with van der Waals surface area (Å²) in [6.45, 7) is 4.60. The first kappa shape index (κ1) is 30.5. The standard InChI is InChI=1S/C34H39N5O6/c1-3-4-14-44-24-6-5-7-25(17-24)45-20-23(40)19-36-28-8-11-35-32(41)31(28)30-16-21-15-26-27(18-29(21)37-30)34(43)39(33(26)42)22-9-12-38(2)13-10-22/h5-8,11,15,17-18,22-23,40H,3-4,9-10,12-14,16,19-20H2,1-2H3,(H2,35,36,41). The van der Waals surface area contributed by atoms with Crippen LogP contribution in [0.1, 0.15) is 64.4 Å². The van der Waals surface area contributed by atoms with Gasteiger partial charge in [-0.3, -0.25) is 24.3 Å². The first-order valence-corrected chi connectivity index (χ1v) is 15.6. The van der Waals surface area contributed by atoms with Gasteiger partial charge in [0.05, 0.1) is 40.4 Å². The van der Waals surface area contributed by atoms with E-state index in [0.717, 1.165) is 44.3 Å². The molecule has 1 atom stereocenters. The number of aliphatic hydroxyl groups excluding tert-OH is 1. The number of aliphatic imine (C=N–C) groups is 1. The molecule has 2 aromatic carbocycles. The Balaban J connectivity index is 1.12. The van der Waals surface area contributed by atoms with Crippen molar-refractivity contribution < 1.29 is 24.2 Å². The number of hydrogen-bond acceptors (Lipinski definition) is 9. The van der Waals surface area contributed by atoms with Gasteiger partial charge in [-0.1, -0.05) is 19.4 Å². The monoisotopic (exact) mass is 613 g/mol. The van der Waals surface area contributed by atoms with Crippen LogP contribution in [-0.2, 0) is 6.42 Å². The van der Waals surface area contributed by atoms with E-state index < -0.39 is 6.10 Å². The van der Waals surface area contributed by atoms with Gasteiger partial charge in [-0.2, -0.15) is 0 Å². The quantitative estimate of drug-likeness (QED) is 0.208. The number of ether oxygens (including phenoxy) is 2. The van der Waals surface area contributed by atoms with Crippen LogP contribution in [0.15, 0.2) is 58.4 Å². The number of benzene rings is 2. The number of piperidine rings is 1. The van der Waals surface area contributed by atoms with Crippen molar-refractivity contribution in [3.8, 4) is 11.5 Å². The summed E-state index contributed by atoms with van der Waals surface area (Å²) < 4.78 is 11.5. The third kappa shape index (κ3) is 6.50. The molecule has 3 aromatic rings. The third-order valence-corrected chi connectivity index (χ3v) is 8.58. The van der Waals surface area contributed by atoms with Crippen LogP contribution in [0, 0.1) is 0 Å². The average Bonchev–Trinajstić information content (AvgIpc) is 3.55. The van der Waals surface area contributed by atoms with Gasteiger partial charge in [-0.05, 0) is 75.3 Å². The van der Waals surface area contributed by atoms with Crippen molar-refractivity contribution in [2.24, 2.45) is 4.99 Å². The summed E-state index contributed by atoms with van der Waals surface area (Å²) in [5, 5.41) is 13.8. The number of imide groups is 1. The SMILES string of the molecule is CCCCOc1cccc(OCC(O)CNc2cc[nH]c(=O)c2C2=Nc3cc4c(cc3C2)C(=O)N(C2CCN(C)CC2)C4=O)c1. The minimum atomic E-state index is -0.864. The highest BCUT2D eigenvalue weighted by molar-refractivity contribution is 6.22. The van der Waals surface area contributed by atoms with Crippen LogP contribution in [-0.4, -0.2) is 89.5 Å². The molecule has 0 saturated carbocycles. The number of pyridine rings is 1. The molecule has 45 heavy (non-hydrogen) atoms. The predicted octanol–water partition coefficient (Wildman–Crippen LogP) is 3.77. The summed E-state index contributed by atoms with van der Waals surface area (Å²) in [5.74, 6) is 0.778. The second-order valence-electron chi connectivity index (χ2n) is 11.9. The van der Waals surface area contributed by atoms with Crippen molar-refractivity contribution >= 4 is 28.9 Å². The van der Waals surface area contributed by atoms with Gasteiger partial charge in [0.2, 0.25) is 0 Å². The van der Waals surface area contributed by atoms with Crippen LogP contribution >= 0.6 is 0 Å². The van der Waals surface area contributed by atoms with Crippen molar-refractivity contribution in [2.75, 3.05) is 45.2 Å². The number of aliphatic hydroxyl groups is 1. The normalized spacial score (nSPS) is 17.2.